The number of likely N-dealkylation sites (tertiary alicyclic amines) is 1. The normalized spacial score (nSPS) is 30.7. The number of hydrogen-bond acceptors (Lipinski definition) is 2. The first-order valence-electron chi connectivity index (χ1n) is 7.41. The van der Waals surface area contributed by atoms with Gasteiger partial charge in [-0.3, -0.25) is 0 Å². The van der Waals surface area contributed by atoms with Crippen LogP contribution in [0.2, 0.25) is 0 Å². The fraction of sp³-hybridized carbons (Fsp3) is 1.00. The maximum absolute atomic E-state index is 2.65. The zero-order valence-electron chi connectivity index (χ0n) is 12.8. The summed E-state index contributed by atoms with van der Waals surface area (Å²) in [7, 11) is 2.26. The molecule has 0 aliphatic carbocycles. The van der Waals surface area contributed by atoms with Crippen molar-refractivity contribution >= 4 is 0 Å². The summed E-state index contributed by atoms with van der Waals surface area (Å²) in [5.41, 5.74) is 0.569. The molecule has 1 heterocycles. The highest BCUT2D eigenvalue weighted by atomic mass is 15.2. The lowest BCUT2D eigenvalue weighted by molar-refractivity contribution is 0.131. The molecule has 2 atom stereocenters. The van der Waals surface area contributed by atoms with Gasteiger partial charge in [0.05, 0.1) is 0 Å². The van der Waals surface area contributed by atoms with Gasteiger partial charge >= 0.3 is 0 Å². The van der Waals surface area contributed by atoms with Gasteiger partial charge in [0.15, 0.2) is 0 Å². The second kappa shape index (κ2) is 6.19. The molecular formula is C15H32N2. The Morgan fingerprint density at radius 2 is 2.00 bits per heavy atom. The quantitative estimate of drug-likeness (QED) is 0.703. The molecule has 17 heavy (non-hydrogen) atoms. The molecule has 0 aromatic heterocycles. The Hall–Kier alpha value is -0.0800. The lowest BCUT2D eigenvalue weighted by Gasteiger charge is -2.37. The maximum atomic E-state index is 2.65. The first-order chi connectivity index (χ1) is 7.96. The number of nitrogens with zero attached hydrogens (tertiary/aromatic N) is 2. The van der Waals surface area contributed by atoms with Crippen molar-refractivity contribution in [2.24, 2.45) is 5.41 Å². The first-order valence-corrected chi connectivity index (χ1v) is 7.41. The molecule has 1 aliphatic heterocycles. The molecule has 2 nitrogen and oxygen atoms in total. The molecule has 2 heteroatoms. The Morgan fingerprint density at radius 3 is 2.41 bits per heavy atom. The molecule has 0 radical (unpaired) electrons. The minimum Gasteiger partial charge on any atom is -0.304 e. The molecule has 102 valence electrons. The molecule has 1 unspecified atom stereocenters. The van der Waals surface area contributed by atoms with E-state index in [0.717, 1.165) is 6.04 Å². The summed E-state index contributed by atoms with van der Waals surface area (Å²) >= 11 is 0. The number of rotatable bonds is 6. The van der Waals surface area contributed by atoms with Crippen LogP contribution < -0.4 is 0 Å². The van der Waals surface area contributed by atoms with Gasteiger partial charge in [-0.15, -0.1) is 0 Å². The zero-order valence-corrected chi connectivity index (χ0v) is 12.8. The summed E-state index contributed by atoms with van der Waals surface area (Å²) in [6.45, 7) is 15.4. The summed E-state index contributed by atoms with van der Waals surface area (Å²) in [6, 6.07) is 1.43. The zero-order chi connectivity index (χ0) is 13.1. The maximum Gasteiger partial charge on any atom is 0.0124 e. The van der Waals surface area contributed by atoms with Crippen molar-refractivity contribution < 1.29 is 0 Å². The van der Waals surface area contributed by atoms with Crippen LogP contribution in [-0.4, -0.2) is 48.6 Å². The van der Waals surface area contributed by atoms with Crippen LogP contribution in [0.25, 0.3) is 0 Å². The fourth-order valence-corrected chi connectivity index (χ4v) is 3.23. The van der Waals surface area contributed by atoms with Crippen molar-refractivity contribution in [2.45, 2.75) is 66.0 Å². The lowest BCUT2D eigenvalue weighted by atomic mass is 9.75. The largest absolute Gasteiger partial charge is 0.304 e. The van der Waals surface area contributed by atoms with Crippen molar-refractivity contribution in [2.75, 3.05) is 26.7 Å². The van der Waals surface area contributed by atoms with Crippen molar-refractivity contribution in [3.63, 3.8) is 0 Å². The number of hydrogen-bond donors (Lipinski definition) is 0. The van der Waals surface area contributed by atoms with Crippen LogP contribution >= 0.6 is 0 Å². The van der Waals surface area contributed by atoms with Crippen LogP contribution in [0.15, 0.2) is 0 Å². The molecule has 0 saturated carbocycles. The van der Waals surface area contributed by atoms with Gasteiger partial charge in [-0.05, 0) is 72.1 Å². The monoisotopic (exact) mass is 240 g/mol. The van der Waals surface area contributed by atoms with Crippen molar-refractivity contribution in [3.8, 4) is 0 Å². The van der Waals surface area contributed by atoms with E-state index in [1.807, 2.05) is 0 Å². The van der Waals surface area contributed by atoms with Gasteiger partial charge in [0.25, 0.3) is 0 Å². The van der Waals surface area contributed by atoms with Gasteiger partial charge < -0.3 is 9.80 Å². The van der Waals surface area contributed by atoms with Crippen LogP contribution in [0.5, 0.6) is 0 Å². The summed E-state index contributed by atoms with van der Waals surface area (Å²) in [4.78, 5) is 5.14. The van der Waals surface area contributed by atoms with Crippen molar-refractivity contribution in [3.05, 3.63) is 0 Å². The van der Waals surface area contributed by atoms with E-state index in [1.54, 1.807) is 0 Å². The smallest absolute Gasteiger partial charge is 0.0124 e. The highest BCUT2D eigenvalue weighted by Gasteiger charge is 2.42. The molecule has 1 fully saturated rings. The predicted molar refractivity (Wildman–Crippen MR) is 76.4 cm³/mol. The molecule has 0 amide bonds. The fourth-order valence-electron chi connectivity index (χ4n) is 3.23. The predicted octanol–water partition coefficient (Wildman–Crippen LogP) is 3.23. The van der Waals surface area contributed by atoms with E-state index >= 15 is 0 Å². The third-order valence-electron chi connectivity index (χ3n) is 5.29. The van der Waals surface area contributed by atoms with E-state index < -0.39 is 0 Å². The molecule has 1 rings (SSSR count). The molecule has 0 bridgehead atoms. The minimum absolute atomic E-state index is 0.569. The van der Waals surface area contributed by atoms with Crippen LogP contribution in [0, 0.1) is 5.41 Å². The Morgan fingerprint density at radius 1 is 1.35 bits per heavy atom. The molecule has 0 N–H and O–H groups in total. The molecule has 1 aliphatic rings. The highest BCUT2D eigenvalue weighted by Crippen LogP contribution is 2.42. The van der Waals surface area contributed by atoms with Crippen LogP contribution in [-0.2, 0) is 0 Å². The third kappa shape index (κ3) is 3.23. The summed E-state index contributed by atoms with van der Waals surface area (Å²) < 4.78 is 0. The van der Waals surface area contributed by atoms with E-state index in [2.05, 4.69) is 51.5 Å². The van der Waals surface area contributed by atoms with Crippen LogP contribution in [0.1, 0.15) is 53.9 Å². The lowest BCUT2D eigenvalue weighted by Crippen LogP contribution is -2.39. The third-order valence-corrected chi connectivity index (χ3v) is 5.29. The second-order valence-corrected chi connectivity index (χ2v) is 6.09. The van der Waals surface area contributed by atoms with Crippen LogP contribution in [0.3, 0.4) is 0 Å². The van der Waals surface area contributed by atoms with Gasteiger partial charge in [0.2, 0.25) is 0 Å². The summed E-state index contributed by atoms with van der Waals surface area (Å²) in [5, 5.41) is 0. The van der Waals surface area contributed by atoms with Gasteiger partial charge in [-0.2, -0.15) is 0 Å². The van der Waals surface area contributed by atoms with E-state index in [4.69, 9.17) is 0 Å². The Labute approximate surface area is 108 Å². The molecular weight excluding hydrogens is 208 g/mol. The van der Waals surface area contributed by atoms with Gasteiger partial charge in [0.1, 0.15) is 0 Å². The van der Waals surface area contributed by atoms with Crippen molar-refractivity contribution in [1.29, 1.82) is 0 Å². The summed E-state index contributed by atoms with van der Waals surface area (Å²) in [6.07, 6.45) is 4.08. The van der Waals surface area contributed by atoms with Gasteiger partial charge in [0, 0.05) is 12.1 Å². The molecule has 0 aromatic rings. The highest BCUT2D eigenvalue weighted by molar-refractivity contribution is 4.96. The van der Waals surface area contributed by atoms with Crippen LogP contribution in [0.4, 0.5) is 0 Å². The Bertz CT molecular complexity index is 227. The molecule has 1 saturated heterocycles. The second-order valence-electron chi connectivity index (χ2n) is 6.09. The standard InChI is InChI=1S/C15H32N2/c1-7-15(9-11-16(6)13(3)4)10-12-17(8-2)14(15)5/h13-14H,7-12H2,1-6H3/t14-,15?/m0/s1. The summed E-state index contributed by atoms with van der Waals surface area (Å²) in [5.74, 6) is 0. The van der Waals surface area contributed by atoms with Gasteiger partial charge in [-0.1, -0.05) is 13.8 Å². The topological polar surface area (TPSA) is 6.48 Å². The van der Waals surface area contributed by atoms with Crippen molar-refractivity contribution in [1.82, 2.24) is 9.80 Å². The Kier molecular flexibility index (Phi) is 5.46. The van der Waals surface area contributed by atoms with E-state index in [0.29, 0.717) is 11.5 Å². The van der Waals surface area contributed by atoms with E-state index in [9.17, 15) is 0 Å². The first kappa shape index (κ1) is 15.0. The minimum atomic E-state index is 0.569. The molecule has 0 aromatic carbocycles. The van der Waals surface area contributed by atoms with E-state index in [-0.39, 0.29) is 0 Å². The average molecular weight is 240 g/mol. The average Bonchev–Trinajstić information content (AvgIpc) is 2.63. The molecule has 0 spiro atoms. The SMILES string of the molecule is CCN1CCC(CC)(CCN(C)C(C)C)[C@@H]1C. The van der Waals surface area contributed by atoms with E-state index in [1.165, 1.54) is 38.9 Å². The Balaban J connectivity index is 2.58. The van der Waals surface area contributed by atoms with Gasteiger partial charge in [-0.25, -0.2) is 0 Å².